The Bertz CT molecular complexity index is 707. The van der Waals surface area contributed by atoms with E-state index >= 15 is 0 Å². The first kappa shape index (κ1) is 10.5. The van der Waals surface area contributed by atoms with E-state index in [1.807, 2.05) is 18.3 Å². The van der Waals surface area contributed by atoms with Crippen LogP contribution in [0.1, 0.15) is 0 Å². The van der Waals surface area contributed by atoms with Gasteiger partial charge in [-0.3, -0.25) is 0 Å². The van der Waals surface area contributed by atoms with Gasteiger partial charge in [0.15, 0.2) is 0 Å². The summed E-state index contributed by atoms with van der Waals surface area (Å²) < 4.78 is 5.09. The second kappa shape index (κ2) is 3.99. The second-order valence-corrected chi connectivity index (χ2v) is 3.76. The molecule has 6 nitrogen and oxygen atoms in total. The summed E-state index contributed by atoms with van der Waals surface area (Å²) in [7, 11) is 1.54. The van der Waals surface area contributed by atoms with Gasteiger partial charge in [-0.25, -0.2) is 9.97 Å². The van der Waals surface area contributed by atoms with Crippen LogP contribution in [0.4, 0.5) is 5.95 Å². The van der Waals surface area contributed by atoms with Crippen LogP contribution < -0.4 is 10.5 Å². The first-order chi connectivity index (χ1) is 8.78. The van der Waals surface area contributed by atoms with Crippen molar-refractivity contribution in [2.24, 2.45) is 0 Å². The van der Waals surface area contributed by atoms with E-state index in [4.69, 9.17) is 10.5 Å². The number of nitrogens with zero attached hydrogens (tertiary/aromatic N) is 3. The predicted octanol–water partition coefficient (Wildman–Crippen LogP) is 1.61. The van der Waals surface area contributed by atoms with E-state index in [9.17, 15) is 0 Å². The maximum absolute atomic E-state index is 5.66. The van der Waals surface area contributed by atoms with Crippen LogP contribution in [0.3, 0.4) is 0 Å². The Labute approximate surface area is 103 Å². The SMILES string of the molecule is COc1cc(-c2c[nH]c3ncccc23)nc(N)n1. The van der Waals surface area contributed by atoms with Gasteiger partial charge < -0.3 is 15.5 Å². The first-order valence-electron chi connectivity index (χ1n) is 5.39. The highest BCUT2D eigenvalue weighted by Crippen LogP contribution is 2.28. The zero-order valence-electron chi connectivity index (χ0n) is 9.71. The van der Waals surface area contributed by atoms with Gasteiger partial charge in [-0.15, -0.1) is 0 Å². The Morgan fingerprint density at radius 3 is 3.06 bits per heavy atom. The number of rotatable bonds is 2. The van der Waals surface area contributed by atoms with Crippen molar-refractivity contribution in [3.63, 3.8) is 0 Å². The number of H-pyrrole nitrogens is 1. The molecule has 0 radical (unpaired) electrons. The summed E-state index contributed by atoms with van der Waals surface area (Å²) in [5.74, 6) is 0.623. The molecule has 0 aliphatic heterocycles. The highest BCUT2D eigenvalue weighted by molar-refractivity contribution is 5.92. The summed E-state index contributed by atoms with van der Waals surface area (Å²) in [6.07, 6.45) is 3.58. The van der Waals surface area contributed by atoms with Crippen molar-refractivity contribution in [2.45, 2.75) is 0 Å². The first-order valence-corrected chi connectivity index (χ1v) is 5.39. The average molecular weight is 241 g/mol. The lowest BCUT2D eigenvalue weighted by Gasteiger charge is -2.03. The molecule has 0 aliphatic rings. The van der Waals surface area contributed by atoms with Crippen LogP contribution >= 0.6 is 0 Å². The van der Waals surface area contributed by atoms with Crippen LogP contribution in [0, 0.1) is 0 Å². The number of nitrogen functional groups attached to an aromatic ring is 1. The van der Waals surface area contributed by atoms with Gasteiger partial charge in [0, 0.05) is 29.4 Å². The fourth-order valence-electron chi connectivity index (χ4n) is 1.85. The molecule has 3 rings (SSSR count). The van der Waals surface area contributed by atoms with Crippen molar-refractivity contribution in [1.29, 1.82) is 0 Å². The average Bonchev–Trinajstić information content (AvgIpc) is 2.81. The van der Waals surface area contributed by atoms with Crippen molar-refractivity contribution in [1.82, 2.24) is 19.9 Å². The van der Waals surface area contributed by atoms with Crippen LogP contribution in [0.25, 0.3) is 22.3 Å². The molecule has 3 aromatic rings. The normalized spacial score (nSPS) is 10.7. The maximum atomic E-state index is 5.66. The number of nitrogens with two attached hydrogens (primary N) is 1. The fourth-order valence-corrected chi connectivity index (χ4v) is 1.85. The van der Waals surface area contributed by atoms with Gasteiger partial charge in [0.1, 0.15) is 5.65 Å². The molecule has 90 valence electrons. The molecule has 0 unspecified atom stereocenters. The largest absolute Gasteiger partial charge is 0.481 e. The fraction of sp³-hybridized carbons (Fsp3) is 0.0833. The lowest BCUT2D eigenvalue weighted by Crippen LogP contribution is -1.98. The van der Waals surface area contributed by atoms with Crippen molar-refractivity contribution in [3.05, 3.63) is 30.6 Å². The number of nitrogens with one attached hydrogen (secondary N) is 1. The van der Waals surface area contributed by atoms with E-state index in [0.29, 0.717) is 11.6 Å². The van der Waals surface area contributed by atoms with Crippen molar-refractivity contribution in [2.75, 3.05) is 12.8 Å². The van der Waals surface area contributed by atoms with Crippen LogP contribution in [0.15, 0.2) is 30.6 Å². The molecule has 18 heavy (non-hydrogen) atoms. The number of ether oxygens (including phenoxy) is 1. The highest BCUT2D eigenvalue weighted by Gasteiger charge is 2.10. The number of pyridine rings is 1. The van der Waals surface area contributed by atoms with Gasteiger partial charge in [-0.1, -0.05) is 0 Å². The third-order valence-electron chi connectivity index (χ3n) is 2.66. The van der Waals surface area contributed by atoms with Crippen LogP contribution in [-0.4, -0.2) is 27.0 Å². The Morgan fingerprint density at radius 2 is 2.22 bits per heavy atom. The summed E-state index contributed by atoms with van der Waals surface area (Å²) in [6.45, 7) is 0. The molecule has 0 bridgehead atoms. The standard InChI is InChI=1S/C12H11N5O/c1-18-10-5-9(16-12(13)17-10)8-6-15-11-7(8)3-2-4-14-11/h2-6H,1H3,(H,14,15)(H2,13,16,17). The van der Waals surface area contributed by atoms with Crippen LogP contribution in [0.2, 0.25) is 0 Å². The zero-order chi connectivity index (χ0) is 12.5. The van der Waals surface area contributed by atoms with Gasteiger partial charge in [0.05, 0.1) is 12.8 Å². The molecule has 0 atom stereocenters. The van der Waals surface area contributed by atoms with E-state index in [2.05, 4.69) is 19.9 Å². The van der Waals surface area contributed by atoms with Gasteiger partial charge in [0.25, 0.3) is 0 Å². The Balaban J connectivity index is 2.22. The summed E-state index contributed by atoms with van der Waals surface area (Å²) in [5, 5.41) is 0.984. The molecule has 0 spiro atoms. The third-order valence-corrected chi connectivity index (χ3v) is 2.66. The van der Waals surface area contributed by atoms with Gasteiger partial charge in [-0.2, -0.15) is 4.98 Å². The van der Waals surface area contributed by atoms with E-state index in [1.54, 1.807) is 19.4 Å². The summed E-state index contributed by atoms with van der Waals surface area (Å²) in [4.78, 5) is 15.5. The number of hydrogen-bond acceptors (Lipinski definition) is 5. The molecule has 0 fully saturated rings. The number of fused-ring (bicyclic) bond motifs is 1. The Hall–Kier alpha value is -2.63. The molecule has 3 N–H and O–H groups in total. The van der Waals surface area contributed by atoms with Crippen LogP contribution in [0.5, 0.6) is 5.88 Å². The molecule has 3 heterocycles. The highest BCUT2D eigenvalue weighted by atomic mass is 16.5. The Morgan fingerprint density at radius 1 is 1.33 bits per heavy atom. The minimum atomic E-state index is 0.183. The van der Waals surface area contributed by atoms with Gasteiger partial charge in [0.2, 0.25) is 11.8 Å². The third kappa shape index (κ3) is 1.64. The molecule has 0 saturated heterocycles. The molecule has 3 aromatic heterocycles. The molecule has 0 aromatic carbocycles. The van der Waals surface area contributed by atoms with E-state index < -0.39 is 0 Å². The van der Waals surface area contributed by atoms with Gasteiger partial charge >= 0.3 is 0 Å². The topological polar surface area (TPSA) is 89.7 Å². The minimum absolute atomic E-state index is 0.183. The smallest absolute Gasteiger partial charge is 0.223 e. The number of aromatic amines is 1. The number of methoxy groups -OCH3 is 1. The van der Waals surface area contributed by atoms with E-state index in [0.717, 1.165) is 16.6 Å². The molecule has 0 aliphatic carbocycles. The van der Waals surface area contributed by atoms with Crippen molar-refractivity contribution >= 4 is 17.0 Å². The van der Waals surface area contributed by atoms with Crippen molar-refractivity contribution in [3.8, 4) is 17.1 Å². The summed E-state index contributed by atoms with van der Waals surface area (Å²) >= 11 is 0. The second-order valence-electron chi connectivity index (χ2n) is 3.76. The molecule has 6 heteroatoms. The number of hydrogen-bond donors (Lipinski definition) is 2. The number of aromatic nitrogens is 4. The van der Waals surface area contributed by atoms with E-state index in [-0.39, 0.29) is 5.95 Å². The molecular weight excluding hydrogens is 230 g/mol. The molecular formula is C12H11N5O. The number of anilines is 1. The lowest BCUT2D eigenvalue weighted by molar-refractivity contribution is 0.398. The quantitative estimate of drug-likeness (QED) is 0.711. The van der Waals surface area contributed by atoms with Gasteiger partial charge in [-0.05, 0) is 12.1 Å². The Kier molecular flexibility index (Phi) is 2.33. The van der Waals surface area contributed by atoms with E-state index in [1.165, 1.54) is 0 Å². The minimum Gasteiger partial charge on any atom is -0.481 e. The summed E-state index contributed by atoms with van der Waals surface area (Å²) in [6, 6.07) is 5.59. The maximum Gasteiger partial charge on any atom is 0.223 e. The molecule has 0 amide bonds. The monoisotopic (exact) mass is 241 g/mol. The lowest BCUT2D eigenvalue weighted by atomic mass is 10.1. The molecule has 0 saturated carbocycles. The van der Waals surface area contributed by atoms with Crippen molar-refractivity contribution < 1.29 is 4.74 Å². The summed E-state index contributed by atoms with van der Waals surface area (Å²) in [5.41, 5.74) is 8.09. The van der Waals surface area contributed by atoms with Crippen LogP contribution in [-0.2, 0) is 0 Å². The zero-order valence-corrected chi connectivity index (χ0v) is 9.71. The predicted molar refractivity (Wildman–Crippen MR) is 68.1 cm³/mol.